The van der Waals surface area contributed by atoms with Crippen molar-refractivity contribution in [2.45, 2.75) is 19.9 Å². The number of aromatic hydroxyl groups is 1. The number of ether oxygens (including phenoxy) is 1. The van der Waals surface area contributed by atoms with Crippen molar-refractivity contribution in [3.63, 3.8) is 0 Å². The Morgan fingerprint density at radius 1 is 1.53 bits per heavy atom. The first-order valence-corrected chi connectivity index (χ1v) is 5.00. The molecule has 0 aliphatic carbocycles. The van der Waals surface area contributed by atoms with Gasteiger partial charge >= 0.3 is 0 Å². The second-order valence-electron chi connectivity index (χ2n) is 3.52. The first kappa shape index (κ1) is 13.0. The molecule has 6 nitrogen and oxygen atoms in total. The molecule has 17 heavy (non-hydrogen) atoms. The number of pyridine rings is 1. The molecule has 0 fully saturated rings. The Morgan fingerprint density at radius 2 is 2.18 bits per heavy atom. The number of nitrogens with one attached hydrogen (secondary N) is 1. The second-order valence-corrected chi connectivity index (χ2v) is 3.52. The lowest BCUT2D eigenvalue weighted by Gasteiger charge is -2.11. The summed E-state index contributed by atoms with van der Waals surface area (Å²) >= 11 is 0. The van der Waals surface area contributed by atoms with Crippen LogP contribution in [-0.4, -0.2) is 34.9 Å². The summed E-state index contributed by atoms with van der Waals surface area (Å²) in [5.74, 6) is -0.992. The predicted molar refractivity (Wildman–Crippen MR) is 60.1 cm³/mol. The van der Waals surface area contributed by atoms with Gasteiger partial charge in [0.2, 0.25) is 0 Å². The maximum Gasteiger partial charge on any atom is 0.274 e. The van der Waals surface area contributed by atoms with E-state index in [0.29, 0.717) is 0 Å². The van der Waals surface area contributed by atoms with Gasteiger partial charge in [-0.15, -0.1) is 0 Å². The molecule has 0 unspecified atom stereocenters. The van der Waals surface area contributed by atoms with Crippen LogP contribution in [0.3, 0.4) is 0 Å². The molecule has 1 aromatic heterocycles. The van der Waals surface area contributed by atoms with Gasteiger partial charge in [-0.3, -0.25) is 9.59 Å². The van der Waals surface area contributed by atoms with Crippen LogP contribution >= 0.6 is 0 Å². The van der Waals surface area contributed by atoms with E-state index >= 15 is 0 Å². The maximum atomic E-state index is 11.7. The lowest BCUT2D eigenvalue weighted by molar-refractivity contribution is -0.118. The third-order valence-electron chi connectivity index (χ3n) is 2.28. The van der Waals surface area contributed by atoms with E-state index in [1.807, 2.05) is 0 Å². The van der Waals surface area contributed by atoms with E-state index in [1.165, 1.54) is 26.3 Å². The molecule has 1 heterocycles. The number of Topliss-reactive ketones (excluding diaryl/α,β-unsaturated/α-hetero) is 1. The first-order valence-electron chi connectivity index (χ1n) is 5.00. The fourth-order valence-electron chi connectivity index (χ4n) is 1.13. The van der Waals surface area contributed by atoms with Crippen molar-refractivity contribution in [1.82, 2.24) is 10.3 Å². The smallest absolute Gasteiger partial charge is 0.274 e. The molecule has 2 N–H and O–H groups in total. The topological polar surface area (TPSA) is 88.5 Å². The number of carbonyl (C=O) groups is 2. The van der Waals surface area contributed by atoms with Crippen LogP contribution in [0.4, 0.5) is 0 Å². The summed E-state index contributed by atoms with van der Waals surface area (Å²) < 4.78 is 4.85. The summed E-state index contributed by atoms with van der Waals surface area (Å²) in [5.41, 5.74) is -0.169. The van der Waals surface area contributed by atoms with Crippen LogP contribution in [0.5, 0.6) is 11.5 Å². The number of aromatic nitrogens is 1. The van der Waals surface area contributed by atoms with Gasteiger partial charge in [-0.05, 0) is 13.8 Å². The molecule has 0 aromatic carbocycles. The number of ketones is 1. The molecular formula is C11H14N2O4. The van der Waals surface area contributed by atoms with Crippen molar-refractivity contribution in [2.75, 3.05) is 7.11 Å². The second kappa shape index (κ2) is 5.29. The van der Waals surface area contributed by atoms with E-state index in [2.05, 4.69) is 10.3 Å². The molecule has 0 saturated heterocycles. The Kier molecular flexibility index (Phi) is 4.03. The van der Waals surface area contributed by atoms with Crippen LogP contribution in [0.2, 0.25) is 0 Å². The van der Waals surface area contributed by atoms with Gasteiger partial charge in [0.25, 0.3) is 5.91 Å². The molecule has 0 bridgehead atoms. The van der Waals surface area contributed by atoms with Gasteiger partial charge < -0.3 is 15.2 Å². The van der Waals surface area contributed by atoms with Gasteiger partial charge in [0.05, 0.1) is 13.2 Å². The van der Waals surface area contributed by atoms with E-state index in [0.717, 1.165) is 0 Å². The zero-order valence-electron chi connectivity index (χ0n) is 9.85. The fourth-order valence-corrected chi connectivity index (χ4v) is 1.13. The zero-order chi connectivity index (χ0) is 13.0. The average molecular weight is 238 g/mol. The van der Waals surface area contributed by atoms with E-state index in [1.54, 1.807) is 6.92 Å². The van der Waals surface area contributed by atoms with E-state index < -0.39 is 11.9 Å². The average Bonchev–Trinajstić information content (AvgIpc) is 2.28. The number of hydrogen-bond donors (Lipinski definition) is 2. The van der Waals surface area contributed by atoms with Crippen LogP contribution in [0, 0.1) is 0 Å². The molecule has 0 saturated carbocycles. The Bertz CT molecular complexity index is 445. The van der Waals surface area contributed by atoms with Crippen molar-refractivity contribution < 1.29 is 19.4 Å². The molecule has 6 heteroatoms. The van der Waals surface area contributed by atoms with Gasteiger partial charge in [-0.2, -0.15) is 0 Å². The first-order chi connectivity index (χ1) is 7.97. The van der Waals surface area contributed by atoms with Crippen molar-refractivity contribution in [3.05, 3.63) is 18.0 Å². The molecule has 0 spiro atoms. The molecule has 0 aliphatic heterocycles. The number of nitrogens with zero attached hydrogens (tertiary/aromatic N) is 1. The molecule has 1 atom stereocenters. The Labute approximate surface area is 98.6 Å². The SMILES string of the molecule is COc1ccnc(C(=O)N[C@@H](C)C(C)=O)c1O. The van der Waals surface area contributed by atoms with Gasteiger partial charge in [0, 0.05) is 12.3 Å². The third-order valence-corrected chi connectivity index (χ3v) is 2.28. The molecule has 0 radical (unpaired) electrons. The number of methoxy groups -OCH3 is 1. The monoisotopic (exact) mass is 238 g/mol. The number of amides is 1. The lowest BCUT2D eigenvalue weighted by atomic mass is 10.2. The highest BCUT2D eigenvalue weighted by molar-refractivity contribution is 5.98. The highest BCUT2D eigenvalue weighted by Crippen LogP contribution is 2.27. The molecule has 1 aromatic rings. The molecule has 1 amide bonds. The van der Waals surface area contributed by atoms with Crippen LogP contribution < -0.4 is 10.1 Å². The minimum Gasteiger partial charge on any atom is -0.503 e. The Hall–Kier alpha value is -2.11. The summed E-state index contributed by atoms with van der Waals surface area (Å²) in [7, 11) is 1.37. The minimum atomic E-state index is -0.630. The fraction of sp³-hybridized carbons (Fsp3) is 0.364. The van der Waals surface area contributed by atoms with Crippen LogP contribution in [-0.2, 0) is 4.79 Å². The summed E-state index contributed by atoms with van der Waals surface area (Å²) in [6.45, 7) is 2.92. The maximum absolute atomic E-state index is 11.7. The van der Waals surface area contributed by atoms with E-state index in [-0.39, 0.29) is 23.0 Å². The van der Waals surface area contributed by atoms with Gasteiger partial charge in [0.15, 0.2) is 23.0 Å². The summed E-state index contributed by atoms with van der Waals surface area (Å²) in [6.07, 6.45) is 1.34. The van der Waals surface area contributed by atoms with Crippen molar-refractivity contribution in [3.8, 4) is 11.5 Å². The Morgan fingerprint density at radius 3 is 2.71 bits per heavy atom. The molecule has 92 valence electrons. The van der Waals surface area contributed by atoms with E-state index in [4.69, 9.17) is 4.74 Å². The summed E-state index contributed by atoms with van der Waals surface area (Å²) in [4.78, 5) is 26.4. The minimum absolute atomic E-state index is 0.153. The highest BCUT2D eigenvalue weighted by atomic mass is 16.5. The third kappa shape index (κ3) is 2.93. The summed E-state index contributed by atoms with van der Waals surface area (Å²) in [5, 5.41) is 12.1. The van der Waals surface area contributed by atoms with Crippen molar-refractivity contribution in [1.29, 1.82) is 0 Å². The number of hydrogen-bond acceptors (Lipinski definition) is 5. The van der Waals surface area contributed by atoms with E-state index in [9.17, 15) is 14.7 Å². The molecule has 1 rings (SSSR count). The largest absolute Gasteiger partial charge is 0.503 e. The zero-order valence-corrected chi connectivity index (χ0v) is 9.85. The highest BCUT2D eigenvalue weighted by Gasteiger charge is 2.19. The number of rotatable bonds is 4. The summed E-state index contributed by atoms with van der Waals surface area (Å²) in [6, 6.07) is 0.801. The lowest BCUT2D eigenvalue weighted by Crippen LogP contribution is -2.37. The predicted octanol–water partition coefficient (Wildman–Crippen LogP) is 0.503. The quantitative estimate of drug-likeness (QED) is 0.797. The standard InChI is InChI=1S/C11H14N2O4/c1-6(7(2)14)13-11(16)9-10(15)8(17-3)4-5-12-9/h4-6,15H,1-3H3,(H,13,16)/t6-/m0/s1. The molecule has 0 aliphatic rings. The van der Waals surface area contributed by atoms with Crippen LogP contribution in [0.1, 0.15) is 24.3 Å². The van der Waals surface area contributed by atoms with Crippen molar-refractivity contribution in [2.24, 2.45) is 0 Å². The van der Waals surface area contributed by atoms with Gasteiger partial charge in [0.1, 0.15) is 0 Å². The normalized spacial score (nSPS) is 11.7. The Balaban J connectivity index is 2.93. The van der Waals surface area contributed by atoms with Gasteiger partial charge in [-0.1, -0.05) is 0 Å². The molecular weight excluding hydrogens is 224 g/mol. The number of carbonyl (C=O) groups excluding carboxylic acids is 2. The van der Waals surface area contributed by atoms with Crippen LogP contribution in [0.15, 0.2) is 12.3 Å². The van der Waals surface area contributed by atoms with Crippen molar-refractivity contribution >= 4 is 11.7 Å². The van der Waals surface area contributed by atoms with Gasteiger partial charge in [-0.25, -0.2) is 4.98 Å². The van der Waals surface area contributed by atoms with Crippen LogP contribution in [0.25, 0.3) is 0 Å².